The molecule has 110 valence electrons. The van der Waals surface area contributed by atoms with Crippen LogP contribution in [0.1, 0.15) is 32.8 Å². The molecule has 0 unspecified atom stereocenters. The summed E-state index contributed by atoms with van der Waals surface area (Å²) in [5.41, 5.74) is 0.352. The van der Waals surface area contributed by atoms with Crippen molar-refractivity contribution in [3.05, 3.63) is 35.9 Å². The molecule has 0 aliphatic heterocycles. The third-order valence-corrected chi connectivity index (χ3v) is 2.33. The highest BCUT2D eigenvalue weighted by molar-refractivity contribution is 5.93. The average molecular weight is 279 g/mol. The summed E-state index contributed by atoms with van der Waals surface area (Å²) in [5, 5.41) is 1.07. The van der Waals surface area contributed by atoms with Gasteiger partial charge in [-0.3, -0.25) is 14.4 Å². The van der Waals surface area contributed by atoms with Gasteiger partial charge in [-0.05, 0) is 26.3 Å². The van der Waals surface area contributed by atoms with Gasteiger partial charge < -0.3 is 4.74 Å². The molecule has 0 saturated carbocycles. The molecule has 0 atom stereocenters. The molecular weight excluding hydrogens is 258 g/mol. The lowest BCUT2D eigenvalue weighted by Gasteiger charge is -2.21. The predicted octanol–water partition coefficient (Wildman–Crippen LogP) is 2.31. The first-order valence-corrected chi connectivity index (χ1v) is 6.43. The fraction of sp³-hybridized carbons (Fsp3) is 0.467. The highest BCUT2D eigenvalue weighted by Gasteiger charge is 2.21. The number of carbonyl (C=O) groups excluding carboxylic acids is 2. The molecule has 0 saturated heterocycles. The zero-order valence-electron chi connectivity index (χ0n) is 12.4. The van der Waals surface area contributed by atoms with Crippen LogP contribution in [0.15, 0.2) is 30.3 Å². The second-order valence-corrected chi connectivity index (χ2v) is 5.41. The van der Waals surface area contributed by atoms with Gasteiger partial charge in [0.15, 0.2) is 0 Å². The van der Waals surface area contributed by atoms with Gasteiger partial charge in [0.05, 0.1) is 0 Å². The molecule has 0 aromatic heterocycles. The van der Waals surface area contributed by atoms with E-state index in [0.717, 1.165) is 10.6 Å². The van der Waals surface area contributed by atoms with Crippen LogP contribution >= 0.6 is 0 Å². The Morgan fingerprint density at radius 1 is 1.15 bits per heavy atom. The molecule has 1 aromatic rings. The molecule has 0 aliphatic carbocycles. The minimum absolute atomic E-state index is 0.275. The zero-order valence-corrected chi connectivity index (χ0v) is 12.4. The van der Waals surface area contributed by atoms with E-state index in [1.807, 2.05) is 30.3 Å². The maximum absolute atomic E-state index is 11.8. The number of hydroxylamine groups is 2. The highest BCUT2D eigenvalue weighted by Crippen LogP contribution is 2.09. The number of amides is 1. The average Bonchev–Trinajstić information content (AvgIpc) is 2.34. The lowest BCUT2D eigenvalue weighted by Crippen LogP contribution is -2.32. The van der Waals surface area contributed by atoms with Gasteiger partial charge in [-0.1, -0.05) is 30.3 Å². The van der Waals surface area contributed by atoms with Crippen molar-refractivity contribution in [3.63, 3.8) is 0 Å². The lowest BCUT2D eigenvalue weighted by molar-refractivity contribution is -0.186. The maximum Gasteiger partial charge on any atom is 0.315 e. The number of rotatable bonds is 5. The van der Waals surface area contributed by atoms with E-state index >= 15 is 0 Å². The molecule has 1 amide bonds. The Morgan fingerprint density at radius 3 is 2.30 bits per heavy atom. The number of carbonyl (C=O) groups is 2. The molecule has 0 aliphatic rings. The smallest absolute Gasteiger partial charge is 0.315 e. The summed E-state index contributed by atoms with van der Waals surface area (Å²) in [6, 6.07) is 9.47. The molecule has 5 nitrogen and oxygen atoms in total. The predicted molar refractivity (Wildman–Crippen MR) is 74.5 cm³/mol. The maximum atomic E-state index is 11.8. The highest BCUT2D eigenvalue weighted by atomic mass is 16.7. The molecule has 0 radical (unpaired) electrons. The summed E-state index contributed by atoms with van der Waals surface area (Å²) in [4.78, 5) is 28.6. The molecule has 0 bridgehead atoms. The van der Waals surface area contributed by atoms with E-state index in [1.54, 1.807) is 20.8 Å². The van der Waals surface area contributed by atoms with Crippen molar-refractivity contribution in [2.45, 2.75) is 39.4 Å². The first kappa shape index (κ1) is 16.2. The number of hydrogen-bond acceptors (Lipinski definition) is 4. The summed E-state index contributed by atoms with van der Waals surface area (Å²) in [5.74, 6) is -0.993. The summed E-state index contributed by atoms with van der Waals surface area (Å²) in [6.45, 7) is 5.54. The Morgan fingerprint density at radius 2 is 1.75 bits per heavy atom. The second-order valence-electron chi connectivity index (χ2n) is 5.41. The Hall–Kier alpha value is -1.88. The van der Waals surface area contributed by atoms with Gasteiger partial charge in [-0.2, -0.15) is 0 Å². The van der Waals surface area contributed by atoms with Crippen LogP contribution in [0.5, 0.6) is 0 Å². The van der Waals surface area contributed by atoms with Crippen LogP contribution in [-0.4, -0.2) is 29.6 Å². The molecule has 0 spiro atoms. The van der Waals surface area contributed by atoms with Gasteiger partial charge in [-0.25, -0.2) is 5.06 Å². The SMILES string of the molecule is CN(OCc1ccccc1)C(=O)CC(=O)OC(C)(C)C. The van der Waals surface area contributed by atoms with Crippen LogP contribution in [0, 0.1) is 0 Å². The van der Waals surface area contributed by atoms with Crippen LogP contribution in [0.3, 0.4) is 0 Å². The number of nitrogens with zero attached hydrogens (tertiary/aromatic N) is 1. The van der Waals surface area contributed by atoms with Crippen molar-refractivity contribution in [2.24, 2.45) is 0 Å². The molecule has 0 heterocycles. The lowest BCUT2D eigenvalue weighted by atomic mass is 10.2. The third kappa shape index (κ3) is 6.33. The van der Waals surface area contributed by atoms with Crippen LogP contribution in [0.4, 0.5) is 0 Å². The topological polar surface area (TPSA) is 55.8 Å². The molecule has 20 heavy (non-hydrogen) atoms. The molecule has 0 N–H and O–H groups in total. The van der Waals surface area contributed by atoms with Crippen LogP contribution in [0.25, 0.3) is 0 Å². The van der Waals surface area contributed by atoms with E-state index in [0.29, 0.717) is 0 Å². The van der Waals surface area contributed by atoms with Gasteiger partial charge in [0, 0.05) is 7.05 Å². The fourth-order valence-electron chi connectivity index (χ4n) is 1.43. The van der Waals surface area contributed by atoms with Crippen LogP contribution < -0.4 is 0 Å². The van der Waals surface area contributed by atoms with Crippen molar-refractivity contribution in [1.82, 2.24) is 5.06 Å². The van der Waals surface area contributed by atoms with E-state index in [4.69, 9.17) is 9.57 Å². The number of esters is 1. The molecule has 0 fully saturated rings. The summed E-state index contributed by atoms with van der Waals surface area (Å²) < 4.78 is 5.08. The van der Waals surface area contributed by atoms with Crippen molar-refractivity contribution in [2.75, 3.05) is 7.05 Å². The minimum atomic E-state index is -0.596. The Balaban J connectivity index is 2.38. The summed E-state index contributed by atoms with van der Waals surface area (Å²) in [7, 11) is 1.48. The summed E-state index contributed by atoms with van der Waals surface area (Å²) >= 11 is 0. The van der Waals surface area contributed by atoms with Gasteiger partial charge in [-0.15, -0.1) is 0 Å². The fourth-order valence-corrected chi connectivity index (χ4v) is 1.43. The molecule has 1 aromatic carbocycles. The Labute approximate surface area is 119 Å². The number of ether oxygens (including phenoxy) is 1. The second kappa shape index (κ2) is 7.05. The van der Waals surface area contributed by atoms with Crippen molar-refractivity contribution >= 4 is 11.9 Å². The third-order valence-electron chi connectivity index (χ3n) is 2.33. The van der Waals surface area contributed by atoms with Crippen LogP contribution in [0.2, 0.25) is 0 Å². The van der Waals surface area contributed by atoms with E-state index in [9.17, 15) is 9.59 Å². The minimum Gasteiger partial charge on any atom is -0.460 e. The zero-order chi connectivity index (χ0) is 15.2. The Bertz CT molecular complexity index is 451. The van der Waals surface area contributed by atoms with Crippen molar-refractivity contribution in [3.8, 4) is 0 Å². The normalized spacial score (nSPS) is 11.0. The van der Waals surface area contributed by atoms with Gasteiger partial charge in [0.1, 0.15) is 18.6 Å². The standard InChI is InChI=1S/C15H21NO4/c1-15(2,3)20-14(18)10-13(17)16(4)19-11-12-8-6-5-7-9-12/h5-9H,10-11H2,1-4H3. The quantitative estimate of drug-likeness (QED) is 0.471. The van der Waals surface area contributed by atoms with E-state index < -0.39 is 17.5 Å². The van der Waals surface area contributed by atoms with Crippen molar-refractivity contribution in [1.29, 1.82) is 0 Å². The van der Waals surface area contributed by atoms with Gasteiger partial charge in [0.25, 0.3) is 5.91 Å². The van der Waals surface area contributed by atoms with Crippen LogP contribution in [-0.2, 0) is 25.8 Å². The first-order valence-electron chi connectivity index (χ1n) is 6.43. The number of benzene rings is 1. The van der Waals surface area contributed by atoms with E-state index in [1.165, 1.54) is 7.05 Å². The molecular formula is C15H21NO4. The van der Waals surface area contributed by atoms with E-state index in [-0.39, 0.29) is 13.0 Å². The van der Waals surface area contributed by atoms with Gasteiger partial charge >= 0.3 is 5.97 Å². The summed E-state index contributed by atoms with van der Waals surface area (Å²) in [6.07, 6.45) is -0.331. The largest absolute Gasteiger partial charge is 0.460 e. The van der Waals surface area contributed by atoms with Gasteiger partial charge in [0.2, 0.25) is 0 Å². The first-order chi connectivity index (χ1) is 9.28. The molecule has 1 rings (SSSR count). The Kier molecular flexibility index (Phi) is 5.70. The monoisotopic (exact) mass is 279 g/mol. The van der Waals surface area contributed by atoms with Crippen molar-refractivity contribution < 1.29 is 19.2 Å². The molecule has 5 heteroatoms. The number of hydrogen-bond donors (Lipinski definition) is 0. The van der Waals surface area contributed by atoms with E-state index in [2.05, 4.69) is 0 Å².